The Balaban J connectivity index is 2.05. The van der Waals surface area contributed by atoms with E-state index >= 15 is 0 Å². The number of benzene rings is 2. The molecule has 0 aromatic heterocycles. The van der Waals surface area contributed by atoms with E-state index in [0.29, 0.717) is 24.1 Å². The van der Waals surface area contributed by atoms with E-state index in [9.17, 15) is 18.4 Å². The van der Waals surface area contributed by atoms with Gasteiger partial charge in [-0.3, -0.25) is 9.59 Å². The van der Waals surface area contributed by atoms with E-state index in [1.807, 2.05) is 6.92 Å². The smallest absolute Gasteiger partial charge is 0.226 e. The lowest BCUT2D eigenvalue weighted by Gasteiger charge is -2.21. The Hall–Kier alpha value is -2.96. The van der Waals surface area contributed by atoms with Crippen molar-refractivity contribution in [2.75, 3.05) is 23.4 Å². The largest absolute Gasteiger partial charge is 0.492 e. The Morgan fingerprint density at radius 3 is 2.54 bits per heavy atom. The highest BCUT2D eigenvalue weighted by Crippen LogP contribution is 2.24. The van der Waals surface area contributed by atoms with Crippen LogP contribution in [0.4, 0.5) is 20.2 Å². The summed E-state index contributed by atoms with van der Waals surface area (Å²) < 4.78 is 32.4. The first-order valence-electron chi connectivity index (χ1n) is 8.17. The van der Waals surface area contributed by atoms with Crippen LogP contribution in [0.1, 0.15) is 20.3 Å². The summed E-state index contributed by atoms with van der Waals surface area (Å²) in [6, 6.07) is 9.91. The number of para-hydroxylation sites is 2. The SMILES string of the molecule is CCOc1ccccc1NC(=O)CCN(C(C)=O)c1ccc(F)cc1F. The minimum Gasteiger partial charge on any atom is -0.492 e. The quantitative estimate of drug-likeness (QED) is 0.816. The van der Waals surface area contributed by atoms with Gasteiger partial charge in [-0.05, 0) is 31.2 Å². The molecule has 1 N–H and O–H groups in total. The highest BCUT2D eigenvalue weighted by atomic mass is 19.1. The normalized spacial score (nSPS) is 10.3. The van der Waals surface area contributed by atoms with Gasteiger partial charge >= 0.3 is 0 Å². The first-order chi connectivity index (χ1) is 12.4. The molecule has 0 aliphatic heterocycles. The highest BCUT2D eigenvalue weighted by molar-refractivity contribution is 5.95. The number of rotatable bonds is 7. The molecular weight excluding hydrogens is 342 g/mol. The van der Waals surface area contributed by atoms with Gasteiger partial charge in [0.05, 0.1) is 18.0 Å². The van der Waals surface area contributed by atoms with Crippen LogP contribution in [0.2, 0.25) is 0 Å². The molecule has 0 saturated heterocycles. The standard InChI is InChI=1S/C19H20F2N2O3/c1-3-26-18-7-5-4-6-16(18)22-19(25)10-11-23(13(2)24)17-9-8-14(20)12-15(17)21/h4-9,12H,3,10-11H2,1-2H3,(H,22,25). The second-order valence-corrected chi connectivity index (χ2v) is 5.49. The van der Waals surface area contributed by atoms with Gasteiger partial charge in [0.2, 0.25) is 11.8 Å². The molecule has 138 valence electrons. The third kappa shape index (κ3) is 5.02. The monoisotopic (exact) mass is 362 g/mol. The molecule has 0 spiro atoms. The fraction of sp³-hybridized carbons (Fsp3) is 0.263. The summed E-state index contributed by atoms with van der Waals surface area (Å²) in [5, 5.41) is 2.71. The minimum atomic E-state index is -0.859. The summed E-state index contributed by atoms with van der Waals surface area (Å²) in [4.78, 5) is 25.1. The second-order valence-electron chi connectivity index (χ2n) is 5.49. The Morgan fingerprint density at radius 2 is 1.88 bits per heavy atom. The third-order valence-corrected chi connectivity index (χ3v) is 3.60. The molecule has 0 aliphatic rings. The molecule has 0 saturated carbocycles. The van der Waals surface area contributed by atoms with Crippen LogP contribution in [-0.4, -0.2) is 25.0 Å². The van der Waals surface area contributed by atoms with Crippen LogP contribution >= 0.6 is 0 Å². The van der Waals surface area contributed by atoms with Crippen molar-refractivity contribution in [1.82, 2.24) is 0 Å². The number of nitrogens with one attached hydrogen (secondary N) is 1. The number of hydrogen-bond donors (Lipinski definition) is 1. The second kappa shape index (κ2) is 8.94. The molecule has 7 heteroatoms. The molecule has 0 bridgehead atoms. The van der Waals surface area contributed by atoms with Crippen LogP contribution < -0.4 is 15.0 Å². The maximum Gasteiger partial charge on any atom is 0.226 e. The fourth-order valence-electron chi connectivity index (χ4n) is 2.43. The van der Waals surface area contributed by atoms with Crippen molar-refractivity contribution in [1.29, 1.82) is 0 Å². The molecule has 0 aliphatic carbocycles. The Labute approximate surface area is 150 Å². The zero-order valence-electron chi connectivity index (χ0n) is 14.6. The van der Waals surface area contributed by atoms with Crippen molar-refractivity contribution in [3.8, 4) is 5.75 Å². The van der Waals surface area contributed by atoms with Gasteiger partial charge in [0.1, 0.15) is 17.4 Å². The molecule has 0 unspecified atom stereocenters. The topological polar surface area (TPSA) is 58.6 Å². The maximum atomic E-state index is 13.9. The van der Waals surface area contributed by atoms with E-state index in [1.54, 1.807) is 24.3 Å². The summed E-state index contributed by atoms with van der Waals surface area (Å²) in [6.07, 6.45) is -0.0587. The average molecular weight is 362 g/mol. The van der Waals surface area contributed by atoms with Crippen LogP contribution in [0, 0.1) is 11.6 Å². The Bertz CT molecular complexity index is 796. The number of anilines is 2. The number of carbonyl (C=O) groups excluding carboxylic acids is 2. The first-order valence-corrected chi connectivity index (χ1v) is 8.17. The zero-order valence-corrected chi connectivity index (χ0v) is 14.6. The summed E-state index contributed by atoms with van der Waals surface area (Å²) in [5.41, 5.74) is 0.447. The Kier molecular flexibility index (Phi) is 6.66. The predicted molar refractivity (Wildman–Crippen MR) is 95.2 cm³/mol. The predicted octanol–water partition coefficient (Wildman–Crippen LogP) is 3.75. The third-order valence-electron chi connectivity index (χ3n) is 3.60. The molecule has 2 aromatic carbocycles. The molecule has 2 amide bonds. The summed E-state index contributed by atoms with van der Waals surface area (Å²) in [5.74, 6) is -1.86. The number of ether oxygens (including phenoxy) is 1. The lowest BCUT2D eigenvalue weighted by Crippen LogP contribution is -2.32. The van der Waals surface area contributed by atoms with Crippen molar-refractivity contribution >= 4 is 23.2 Å². The number of nitrogens with zero attached hydrogens (tertiary/aromatic N) is 1. The van der Waals surface area contributed by atoms with Gasteiger partial charge in [-0.2, -0.15) is 0 Å². The molecule has 2 rings (SSSR count). The Morgan fingerprint density at radius 1 is 1.15 bits per heavy atom. The van der Waals surface area contributed by atoms with E-state index in [-0.39, 0.29) is 24.6 Å². The van der Waals surface area contributed by atoms with Crippen LogP contribution in [0.25, 0.3) is 0 Å². The van der Waals surface area contributed by atoms with Gasteiger partial charge in [0, 0.05) is 26.0 Å². The molecule has 5 nitrogen and oxygen atoms in total. The van der Waals surface area contributed by atoms with Crippen LogP contribution in [0.5, 0.6) is 5.75 Å². The van der Waals surface area contributed by atoms with E-state index in [1.165, 1.54) is 13.0 Å². The van der Waals surface area contributed by atoms with Crippen molar-refractivity contribution in [3.63, 3.8) is 0 Å². The van der Waals surface area contributed by atoms with Crippen molar-refractivity contribution in [2.45, 2.75) is 20.3 Å². The molecule has 0 heterocycles. The van der Waals surface area contributed by atoms with Gasteiger partial charge in [-0.15, -0.1) is 0 Å². The highest BCUT2D eigenvalue weighted by Gasteiger charge is 2.18. The number of amides is 2. The summed E-state index contributed by atoms with van der Waals surface area (Å²) >= 11 is 0. The number of carbonyl (C=O) groups is 2. The van der Waals surface area contributed by atoms with Gasteiger partial charge < -0.3 is 15.0 Å². The lowest BCUT2D eigenvalue weighted by atomic mass is 10.2. The van der Waals surface area contributed by atoms with E-state index < -0.39 is 17.5 Å². The van der Waals surface area contributed by atoms with Crippen molar-refractivity contribution in [2.24, 2.45) is 0 Å². The molecular formula is C19H20F2N2O3. The molecule has 26 heavy (non-hydrogen) atoms. The van der Waals surface area contributed by atoms with Crippen LogP contribution in [0.15, 0.2) is 42.5 Å². The minimum absolute atomic E-state index is 0.0411. The molecule has 2 aromatic rings. The first kappa shape index (κ1) is 19.4. The van der Waals surface area contributed by atoms with Gasteiger partial charge in [-0.1, -0.05) is 12.1 Å². The van der Waals surface area contributed by atoms with E-state index in [4.69, 9.17) is 4.74 Å². The number of halogens is 2. The van der Waals surface area contributed by atoms with Crippen molar-refractivity contribution in [3.05, 3.63) is 54.1 Å². The zero-order chi connectivity index (χ0) is 19.1. The van der Waals surface area contributed by atoms with Crippen molar-refractivity contribution < 1.29 is 23.1 Å². The van der Waals surface area contributed by atoms with Crippen LogP contribution in [-0.2, 0) is 9.59 Å². The molecule has 0 atom stereocenters. The summed E-state index contributed by atoms with van der Waals surface area (Å²) in [6.45, 7) is 3.50. The van der Waals surface area contributed by atoms with Gasteiger partial charge in [0.25, 0.3) is 0 Å². The fourth-order valence-corrected chi connectivity index (χ4v) is 2.43. The van der Waals surface area contributed by atoms with Gasteiger partial charge in [0.15, 0.2) is 0 Å². The molecule has 0 radical (unpaired) electrons. The van der Waals surface area contributed by atoms with Crippen LogP contribution in [0.3, 0.4) is 0 Å². The van der Waals surface area contributed by atoms with Gasteiger partial charge in [-0.25, -0.2) is 8.78 Å². The van der Waals surface area contributed by atoms with E-state index in [2.05, 4.69) is 5.32 Å². The average Bonchev–Trinajstić information content (AvgIpc) is 2.58. The lowest BCUT2D eigenvalue weighted by molar-refractivity contribution is -0.117. The molecule has 0 fully saturated rings. The van der Waals surface area contributed by atoms with E-state index in [0.717, 1.165) is 11.0 Å². The number of hydrogen-bond acceptors (Lipinski definition) is 3. The summed E-state index contributed by atoms with van der Waals surface area (Å²) in [7, 11) is 0. The maximum absolute atomic E-state index is 13.9.